The van der Waals surface area contributed by atoms with Crippen LogP contribution < -0.4 is 5.32 Å². The van der Waals surface area contributed by atoms with Gasteiger partial charge in [-0.25, -0.2) is 0 Å². The number of phenols is 1. The van der Waals surface area contributed by atoms with Crippen LogP contribution in [0.3, 0.4) is 0 Å². The molecule has 1 aliphatic heterocycles. The molecule has 0 aromatic heterocycles. The number of aromatic hydroxyl groups is 1. The minimum atomic E-state index is -0.552. The molecule has 0 fully saturated rings. The molecule has 6 nitrogen and oxygen atoms in total. The fraction of sp³-hybridized carbons (Fsp3) is 0.167. The molecular weight excluding hydrogens is 307 g/mol. The zero-order chi connectivity index (χ0) is 14.9. The van der Waals surface area contributed by atoms with Crippen LogP contribution in [0.5, 0.6) is 5.75 Å². The Hall–Kier alpha value is -1.76. The van der Waals surface area contributed by atoms with Gasteiger partial charge in [-0.15, -0.1) is 0 Å². The van der Waals surface area contributed by atoms with Crippen molar-refractivity contribution in [1.29, 1.82) is 0 Å². The van der Waals surface area contributed by atoms with Gasteiger partial charge in [0.15, 0.2) is 5.75 Å². The van der Waals surface area contributed by atoms with Crippen LogP contribution in [0.4, 0.5) is 5.69 Å². The van der Waals surface area contributed by atoms with E-state index in [-0.39, 0.29) is 34.6 Å². The number of nitrogens with zero attached hydrogens (tertiary/aromatic N) is 1. The van der Waals surface area contributed by atoms with Gasteiger partial charge in [0.1, 0.15) is 5.70 Å². The van der Waals surface area contributed by atoms with Crippen molar-refractivity contribution in [3.63, 3.8) is 0 Å². The summed E-state index contributed by atoms with van der Waals surface area (Å²) in [6, 6.07) is 2.74. The van der Waals surface area contributed by atoms with Gasteiger partial charge in [-0.05, 0) is 12.1 Å². The number of hydrogen-bond donors (Lipinski definition) is 3. The number of aliphatic hydroxyl groups is 1. The second-order valence-electron chi connectivity index (χ2n) is 3.99. The van der Waals surface area contributed by atoms with Gasteiger partial charge in [-0.3, -0.25) is 14.5 Å². The summed E-state index contributed by atoms with van der Waals surface area (Å²) in [4.78, 5) is 24.4. The molecule has 106 valence electrons. The molecular formula is C12H10Cl2N2O4. The maximum Gasteiger partial charge on any atom is 0.277 e. The third kappa shape index (κ3) is 2.72. The number of benzene rings is 1. The number of halogens is 2. The van der Waals surface area contributed by atoms with Crippen LogP contribution in [0, 0.1) is 0 Å². The predicted octanol–water partition coefficient (Wildman–Crippen LogP) is 1.36. The second-order valence-corrected chi connectivity index (χ2v) is 4.80. The summed E-state index contributed by atoms with van der Waals surface area (Å²) in [5, 5.41) is 21.0. The smallest absolute Gasteiger partial charge is 0.277 e. The molecule has 2 rings (SSSR count). The molecule has 0 unspecified atom stereocenters. The molecule has 0 radical (unpaired) electrons. The summed E-state index contributed by atoms with van der Waals surface area (Å²) in [5.41, 5.74) is 0.400. The van der Waals surface area contributed by atoms with E-state index in [1.165, 1.54) is 12.1 Å². The average Bonchev–Trinajstić information content (AvgIpc) is 2.64. The van der Waals surface area contributed by atoms with E-state index in [0.29, 0.717) is 5.69 Å². The number of anilines is 1. The largest absolute Gasteiger partial charge is 0.505 e. The molecule has 0 atom stereocenters. The normalized spacial score (nSPS) is 14.8. The van der Waals surface area contributed by atoms with E-state index < -0.39 is 11.8 Å². The number of carbonyl (C=O) groups excluding carboxylic acids is 2. The van der Waals surface area contributed by atoms with Gasteiger partial charge in [-0.1, -0.05) is 23.2 Å². The predicted molar refractivity (Wildman–Crippen MR) is 73.6 cm³/mol. The van der Waals surface area contributed by atoms with Crippen LogP contribution in [0.25, 0.3) is 0 Å². The molecule has 1 heterocycles. The Morgan fingerprint density at radius 1 is 1.20 bits per heavy atom. The van der Waals surface area contributed by atoms with Gasteiger partial charge in [-0.2, -0.15) is 0 Å². The number of carbonyl (C=O) groups is 2. The van der Waals surface area contributed by atoms with Gasteiger partial charge < -0.3 is 15.5 Å². The maximum atomic E-state index is 11.9. The van der Waals surface area contributed by atoms with Crippen LogP contribution >= 0.6 is 23.2 Å². The van der Waals surface area contributed by atoms with E-state index in [1.807, 2.05) is 0 Å². The van der Waals surface area contributed by atoms with Crippen molar-refractivity contribution in [2.24, 2.45) is 0 Å². The summed E-state index contributed by atoms with van der Waals surface area (Å²) in [6.45, 7) is -0.383. The Bertz CT molecular complexity index is 592. The second kappa shape index (κ2) is 5.70. The fourth-order valence-electron chi connectivity index (χ4n) is 1.70. The first-order chi connectivity index (χ1) is 9.43. The molecule has 0 spiro atoms. The number of hydrogen-bond acceptors (Lipinski definition) is 5. The highest BCUT2D eigenvalue weighted by Gasteiger charge is 2.30. The van der Waals surface area contributed by atoms with Crippen molar-refractivity contribution >= 4 is 40.7 Å². The molecule has 2 amide bonds. The summed E-state index contributed by atoms with van der Waals surface area (Å²) in [5.74, 6) is -1.32. The molecule has 3 N–H and O–H groups in total. The lowest BCUT2D eigenvalue weighted by Crippen LogP contribution is -2.34. The number of β-amino-alcohol motifs (C(OH)–C–C–N with tert-alkyl or cyclic N) is 1. The lowest BCUT2D eigenvalue weighted by molar-refractivity contribution is -0.137. The van der Waals surface area contributed by atoms with Crippen molar-refractivity contribution < 1.29 is 19.8 Å². The molecule has 1 aromatic rings. The van der Waals surface area contributed by atoms with Gasteiger partial charge in [0.25, 0.3) is 11.8 Å². The Labute approximate surface area is 124 Å². The Morgan fingerprint density at radius 2 is 1.80 bits per heavy atom. The lowest BCUT2D eigenvalue weighted by atomic mass is 10.3. The van der Waals surface area contributed by atoms with E-state index in [4.69, 9.17) is 28.3 Å². The van der Waals surface area contributed by atoms with Crippen molar-refractivity contribution in [2.45, 2.75) is 0 Å². The van der Waals surface area contributed by atoms with Crippen LogP contribution in [0.2, 0.25) is 10.0 Å². The van der Waals surface area contributed by atoms with E-state index >= 15 is 0 Å². The molecule has 1 aliphatic rings. The van der Waals surface area contributed by atoms with Crippen LogP contribution in [0.15, 0.2) is 23.9 Å². The quantitative estimate of drug-likeness (QED) is 0.576. The first kappa shape index (κ1) is 14.6. The zero-order valence-corrected chi connectivity index (χ0v) is 11.6. The third-order valence-corrected chi connectivity index (χ3v) is 3.21. The highest BCUT2D eigenvalue weighted by Crippen LogP contribution is 2.35. The average molecular weight is 317 g/mol. The Morgan fingerprint density at radius 3 is 2.35 bits per heavy atom. The number of aliphatic hydroxyl groups excluding tert-OH is 1. The van der Waals surface area contributed by atoms with Gasteiger partial charge in [0.05, 0.1) is 23.2 Å². The zero-order valence-electron chi connectivity index (χ0n) is 10.1. The minimum absolute atomic E-state index is 0.0181. The molecule has 0 aliphatic carbocycles. The van der Waals surface area contributed by atoms with Gasteiger partial charge in [0, 0.05) is 11.8 Å². The van der Waals surface area contributed by atoms with Crippen molar-refractivity contribution in [3.8, 4) is 5.75 Å². The topological polar surface area (TPSA) is 89.9 Å². The molecule has 20 heavy (non-hydrogen) atoms. The van der Waals surface area contributed by atoms with E-state index in [1.54, 1.807) is 0 Å². The highest BCUT2D eigenvalue weighted by atomic mass is 35.5. The molecule has 0 saturated carbocycles. The fourth-order valence-corrected chi connectivity index (χ4v) is 2.19. The summed E-state index contributed by atoms with van der Waals surface area (Å²) in [7, 11) is 0. The van der Waals surface area contributed by atoms with Crippen molar-refractivity contribution in [1.82, 2.24) is 4.90 Å². The van der Waals surface area contributed by atoms with Crippen LogP contribution in [0.1, 0.15) is 0 Å². The minimum Gasteiger partial charge on any atom is -0.505 e. The number of rotatable bonds is 4. The van der Waals surface area contributed by atoms with E-state index in [9.17, 15) is 14.7 Å². The SMILES string of the molecule is O=C1C=C(Nc2cc(Cl)c(O)c(Cl)c2)C(=O)N1CCO. The maximum absolute atomic E-state index is 11.9. The summed E-state index contributed by atoms with van der Waals surface area (Å²) < 4.78 is 0. The number of amides is 2. The summed E-state index contributed by atoms with van der Waals surface area (Å²) >= 11 is 11.5. The highest BCUT2D eigenvalue weighted by molar-refractivity contribution is 6.37. The molecule has 1 aromatic carbocycles. The van der Waals surface area contributed by atoms with Crippen LogP contribution in [-0.2, 0) is 9.59 Å². The molecule has 0 saturated heterocycles. The van der Waals surface area contributed by atoms with E-state index in [2.05, 4.69) is 5.32 Å². The van der Waals surface area contributed by atoms with Crippen molar-refractivity contribution in [3.05, 3.63) is 34.0 Å². The Balaban J connectivity index is 2.21. The standard InChI is InChI=1S/C12H10Cl2N2O4/c13-7-3-6(4-8(14)11(7)19)15-9-5-10(18)16(1-2-17)12(9)20/h3-5,15,17,19H,1-2H2. The monoisotopic (exact) mass is 316 g/mol. The van der Waals surface area contributed by atoms with Gasteiger partial charge >= 0.3 is 0 Å². The van der Waals surface area contributed by atoms with Crippen molar-refractivity contribution in [2.75, 3.05) is 18.5 Å². The van der Waals surface area contributed by atoms with Crippen LogP contribution in [-0.4, -0.2) is 40.1 Å². The number of imide groups is 1. The van der Waals surface area contributed by atoms with Gasteiger partial charge in [0.2, 0.25) is 0 Å². The third-order valence-electron chi connectivity index (χ3n) is 2.63. The number of nitrogens with one attached hydrogen (secondary N) is 1. The van der Waals surface area contributed by atoms with E-state index in [0.717, 1.165) is 11.0 Å². The molecule has 0 bridgehead atoms. The first-order valence-electron chi connectivity index (χ1n) is 5.57. The number of phenolic OH excluding ortho intramolecular Hbond substituents is 1. The summed E-state index contributed by atoms with van der Waals surface area (Å²) in [6.07, 6.45) is 1.12. The molecule has 8 heteroatoms. The first-order valence-corrected chi connectivity index (χ1v) is 6.33. The Kier molecular flexibility index (Phi) is 4.17. The lowest BCUT2D eigenvalue weighted by Gasteiger charge is -2.13.